The predicted octanol–water partition coefficient (Wildman–Crippen LogP) is 13.6. The molecule has 3 nitrogen and oxygen atoms in total. The van der Waals surface area contributed by atoms with Crippen LogP contribution >= 0.6 is 0 Å². The third-order valence-corrected chi connectivity index (χ3v) is 13.8. The second-order valence-corrected chi connectivity index (χ2v) is 17.5. The summed E-state index contributed by atoms with van der Waals surface area (Å²) in [6.45, 7) is 7.29. The molecule has 2 aromatic heterocycles. The van der Waals surface area contributed by atoms with Crippen LogP contribution in [-0.2, 0) is 18.3 Å². The Labute approximate surface area is 345 Å². The third-order valence-electron chi connectivity index (χ3n) is 13.8. The highest BCUT2D eigenvalue weighted by Gasteiger charge is 2.43. The minimum atomic E-state index is -0.219. The number of para-hydroxylation sites is 1. The average Bonchev–Trinajstić information content (AvgIpc) is 3.74. The third kappa shape index (κ3) is 4.94. The summed E-state index contributed by atoms with van der Waals surface area (Å²) in [5, 5.41) is 2.70. The van der Waals surface area contributed by atoms with Gasteiger partial charge in [-0.3, -0.25) is 0 Å². The first-order chi connectivity index (χ1) is 28.9. The summed E-state index contributed by atoms with van der Waals surface area (Å²) in [6.07, 6.45) is 18.0. The molecule has 12 rings (SSSR count). The molecule has 0 saturated heterocycles. The van der Waals surface area contributed by atoms with Gasteiger partial charge >= 0.3 is 0 Å². The number of nitrogens with zero attached hydrogens (tertiary/aromatic N) is 3. The lowest BCUT2D eigenvalue weighted by Gasteiger charge is -2.39. The van der Waals surface area contributed by atoms with Crippen LogP contribution in [0.2, 0.25) is 0 Å². The van der Waals surface area contributed by atoms with Crippen molar-refractivity contribution >= 4 is 21.8 Å². The zero-order valence-electron chi connectivity index (χ0n) is 33.6. The maximum Gasteiger partial charge on any atom is 0.116 e. The first-order valence-electron chi connectivity index (χ1n) is 21.0. The van der Waals surface area contributed by atoms with Crippen LogP contribution in [0, 0.1) is 11.3 Å². The zero-order chi connectivity index (χ0) is 39.5. The summed E-state index contributed by atoms with van der Waals surface area (Å²) in [7, 11) is 0. The molecule has 8 aromatic rings. The molecule has 2 heterocycles. The van der Waals surface area contributed by atoms with Crippen molar-refractivity contribution in [3.63, 3.8) is 0 Å². The van der Waals surface area contributed by atoms with Gasteiger partial charge in [-0.05, 0) is 81.1 Å². The fraction of sp³-hybridized carbons (Fsp3) is 0.143. The lowest BCUT2D eigenvalue weighted by Crippen LogP contribution is -2.28. The highest BCUT2D eigenvalue weighted by Crippen LogP contribution is 2.58. The molecular weight excluding hydrogens is 715 g/mol. The van der Waals surface area contributed by atoms with Crippen molar-refractivity contribution in [3.05, 3.63) is 210 Å². The SMILES string of the molecule is CC1(C)c2ccccc2-c2c3c(c4c5ccccc5n(-c5cccc(-c6c(-c7ccccc7)ncnc6-c6ccccc6)c5)c4c21)CC1=CC2(C)C=CC=CC2C=C1C3. The number of hydrogen-bond acceptors (Lipinski definition) is 2. The average molecular weight is 758 g/mol. The highest BCUT2D eigenvalue weighted by molar-refractivity contribution is 6.16. The Balaban J connectivity index is 1.17. The van der Waals surface area contributed by atoms with E-state index in [-0.39, 0.29) is 10.8 Å². The first-order valence-corrected chi connectivity index (χ1v) is 21.0. The molecule has 4 aliphatic carbocycles. The van der Waals surface area contributed by atoms with Gasteiger partial charge < -0.3 is 4.57 Å². The molecule has 0 saturated carbocycles. The van der Waals surface area contributed by atoms with Crippen molar-refractivity contribution in [2.45, 2.75) is 39.0 Å². The Morgan fingerprint density at radius 2 is 1.31 bits per heavy atom. The summed E-state index contributed by atoms with van der Waals surface area (Å²) in [5.41, 5.74) is 21.2. The van der Waals surface area contributed by atoms with Crippen LogP contribution in [0.25, 0.3) is 72.3 Å². The number of allylic oxidation sites excluding steroid dienone is 8. The normalized spacial score (nSPS) is 19.4. The molecule has 0 amide bonds. The molecule has 0 spiro atoms. The molecule has 282 valence electrons. The maximum absolute atomic E-state index is 4.97. The molecule has 59 heavy (non-hydrogen) atoms. The van der Waals surface area contributed by atoms with E-state index in [2.05, 4.69) is 195 Å². The van der Waals surface area contributed by atoms with E-state index in [1.54, 1.807) is 6.33 Å². The highest BCUT2D eigenvalue weighted by atomic mass is 15.0. The van der Waals surface area contributed by atoms with Gasteiger partial charge in [-0.1, -0.05) is 172 Å². The van der Waals surface area contributed by atoms with Crippen LogP contribution in [0.5, 0.6) is 0 Å². The Bertz CT molecular complexity index is 3130. The van der Waals surface area contributed by atoms with Gasteiger partial charge in [0, 0.05) is 49.9 Å². The van der Waals surface area contributed by atoms with Crippen LogP contribution in [0.3, 0.4) is 0 Å². The number of rotatable bonds is 4. The number of hydrogen-bond donors (Lipinski definition) is 0. The van der Waals surface area contributed by atoms with Crippen LogP contribution in [0.1, 0.15) is 43.0 Å². The van der Waals surface area contributed by atoms with Crippen molar-refractivity contribution in [2.24, 2.45) is 11.3 Å². The molecule has 0 N–H and O–H groups in total. The fourth-order valence-corrected chi connectivity index (χ4v) is 11.0. The monoisotopic (exact) mass is 757 g/mol. The van der Waals surface area contributed by atoms with Gasteiger partial charge in [0.15, 0.2) is 0 Å². The van der Waals surface area contributed by atoms with Crippen LogP contribution in [0.15, 0.2) is 187 Å². The summed E-state index contributed by atoms with van der Waals surface area (Å²) < 4.78 is 2.59. The van der Waals surface area contributed by atoms with Gasteiger partial charge in [0.1, 0.15) is 6.33 Å². The molecular formula is C56H43N3. The van der Waals surface area contributed by atoms with Crippen LogP contribution < -0.4 is 0 Å². The lowest BCUT2D eigenvalue weighted by atomic mass is 9.65. The van der Waals surface area contributed by atoms with E-state index < -0.39 is 0 Å². The van der Waals surface area contributed by atoms with Crippen molar-refractivity contribution in [2.75, 3.05) is 0 Å². The van der Waals surface area contributed by atoms with E-state index in [4.69, 9.17) is 9.97 Å². The fourth-order valence-electron chi connectivity index (χ4n) is 11.0. The van der Waals surface area contributed by atoms with Gasteiger partial charge in [0.2, 0.25) is 0 Å². The molecule has 3 heteroatoms. The summed E-state index contributed by atoms with van der Waals surface area (Å²) in [5.74, 6) is 0.377. The molecule has 2 atom stereocenters. The second-order valence-electron chi connectivity index (χ2n) is 17.5. The Kier molecular flexibility index (Phi) is 7.30. The van der Waals surface area contributed by atoms with E-state index in [1.807, 2.05) is 0 Å². The Morgan fingerprint density at radius 1 is 0.627 bits per heavy atom. The number of benzene rings is 6. The second kappa shape index (κ2) is 12.6. The van der Waals surface area contributed by atoms with Crippen molar-refractivity contribution in [3.8, 4) is 50.5 Å². The van der Waals surface area contributed by atoms with Crippen LogP contribution in [0.4, 0.5) is 0 Å². The topological polar surface area (TPSA) is 30.7 Å². The first kappa shape index (κ1) is 34.2. The largest absolute Gasteiger partial charge is 0.309 e. The molecule has 0 fully saturated rings. The summed E-state index contributed by atoms with van der Waals surface area (Å²) in [6, 6.07) is 48.5. The molecule has 6 aromatic carbocycles. The molecule has 2 unspecified atom stereocenters. The van der Waals surface area contributed by atoms with Gasteiger partial charge in [0.25, 0.3) is 0 Å². The quantitative estimate of drug-likeness (QED) is 0.179. The zero-order valence-corrected chi connectivity index (χ0v) is 33.6. The van der Waals surface area contributed by atoms with Gasteiger partial charge in [-0.25, -0.2) is 9.97 Å². The Hall–Kier alpha value is -6.84. The molecule has 0 radical (unpaired) electrons. The maximum atomic E-state index is 4.97. The van der Waals surface area contributed by atoms with E-state index in [9.17, 15) is 0 Å². The summed E-state index contributed by atoms with van der Waals surface area (Å²) in [4.78, 5) is 9.94. The standard InChI is InChI=1S/C56H43N3/c1-55(2)46-26-12-10-24-42(46)49-44-31-38-29-40-22-14-15-28-56(40,3)33-39(38)32-45(44)50-43-25-11-13-27-47(43)59(54(50)51(49)55)41-23-16-21-37(30-41)48-52(35-17-6-4-7-18-35)57-34-58-53(48)36-19-8-5-9-20-36/h4-30,33-34,40H,31-32H2,1-3H3. The van der Waals surface area contributed by atoms with E-state index in [1.165, 1.54) is 66.3 Å². The minimum absolute atomic E-state index is 0.0116. The van der Waals surface area contributed by atoms with Gasteiger partial charge in [-0.2, -0.15) is 0 Å². The van der Waals surface area contributed by atoms with Crippen molar-refractivity contribution in [1.29, 1.82) is 0 Å². The summed E-state index contributed by atoms with van der Waals surface area (Å²) >= 11 is 0. The van der Waals surface area contributed by atoms with E-state index in [0.29, 0.717) is 5.92 Å². The number of fused-ring (bicyclic) bond motifs is 12. The minimum Gasteiger partial charge on any atom is -0.309 e. The van der Waals surface area contributed by atoms with Crippen molar-refractivity contribution in [1.82, 2.24) is 14.5 Å². The molecule has 0 bridgehead atoms. The van der Waals surface area contributed by atoms with Crippen LogP contribution in [-0.4, -0.2) is 14.5 Å². The number of aromatic nitrogens is 3. The Morgan fingerprint density at radius 3 is 2.08 bits per heavy atom. The van der Waals surface area contributed by atoms with Crippen molar-refractivity contribution < 1.29 is 0 Å². The molecule has 0 aliphatic heterocycles. The van der Waals surface area contributed by atoms with Gasteiger partial charge in [0.05, 0.1) is 22.4 Å². The predicted molar refractivity (Wildman–Crippen MR) is 244 cm³/mol. The lowest BCUT2D eigenvalue weighted by molar-refractivity contribution is 0.443. The van der Waals surface area contributed by atoms with E-state index in [0.717, 1.165) is 52.2 Å². The smallest absolute Gasteiger partial charge is 0.116 e. The van der Waals surface area contributed by atoms with E-state index >= 15 is 0 Å². The van der Waals surface area contributed by atoms with Gasteiger partial charge in [-0.15, -0.1) is 0 Å². The molecule has 4 aliphatic rings.